The summed E-state index contributed by atoms with van der Waals surface area (Å²) in [5, 5.41) is 0. The van der Waals surface area contributed by atoms with Gasteiger partial charge in [-0.2, -0.15) is 52.7 Å². The maximum Gasteiger partial charge on any atom is 0.460 e. The lowest BCUT2D eigenvalue weighted by molar-refractivity contribution is -0.512. The highest BCUT2D eigenvalue weighted by Gasteiger charge is 2.78. The van der Waals surface area contributed by atoms with E-state index in [0.29, 0.717) is 0 Å². The zero-order valence-corrected chi connectivity index (χ0v) is 13.0. The third kappa shape index (κ3) is 4.53. The molecule has 0 unspecified atom stereocenters. The minimum Gasteiger partial charge on any atom is -0.465 e. The van der Waals surface area contributed by atoms with Gasteiger partial charge in [-0.05, 0) is 0 Å². The van der Waals surface area contributed by atoms with Crippen LogP contribution in [0.15, 0.2) is 0 Å². The summed E-state index contributed by atoms with van der Waals surface area (Å²) in [6.45, 7) is 0. The standard InChI is InChI=1S/C10H6F12O6/c1-25-3(23)5(11,7(13,14)15)27-9(19,20)10(21,22)28-6(12,4(24)26-2)8(16,17)18/h1-2H3/t5-,6-/m1/s1. The molecular weight excluding hydrogens is 444 g/mol. The number of esters is 2. The van der Waals surface area contributed by atoms with E-state index in [-0.39, 0.29) is 14.2 Å². The van der Waals surface area contributed by atoms with Gasteiger partial charge in [0, 0.05) is 0 Å². The third-order valence-electron chi connectivity index (χ3n) is 2.50. The lowest BCUT2D eigenvalue weighted by atomic mass is 10.3. The van der Waals surface area contributed by atoms with Gasteiger partial charge in [0.2, 0.25) is 0 Å². The Bertz CT molecular complexity index is 549. The number of carbonyl (C=O) groups excluding carboxylic acids is 2. The second kappa shape index (κ2) is 7.45. The molecule has 0 heterocycles. The average Bonchev–Trinajstić information content (AvgIpc) is 2.49. The smallest absolute Gasteiger partial charge is 0.460 e. The van der Waals surface area contributed by atoms with Gasteiger partial charge in [-0.3, -0.25) is 9.47 Å². The van der Waals surface area contributed by atoms with E-state index in [9.17, 15) is 62.3 Å². The Hall–Kier alpha value is -1.98. The van der Waals surface area contributed by atoms with Crippen molar-refractivity contribution in [2.45, 2.75) is 36.3 Å². The molecule has 0 spiro atoms. The Morgan fingerprint density at radius 2 is 0.750 bits per heavy atom. The van der Waals surface area contributed by atoms with Crippen molar-refractivity contribution in [2.24, 2.45) is 0 Å². The highest BCUT2D eigenvalue weighted by atomic mass is 19.4. The molecule has 0 saturated carbocycles. The second-order valence-corrected chi connectivity index (χ2v) is 4.41. The van der Waals surface area contributed by atoms with Crippen LogP contribution in [0.1, 0.15) is 0 Å². The Morgan fingerprint density at radius 3 is 0.893 bits per heavy atom. The summed E-state index contributed by atoms with van der Waals surface area (Å²) in [4.78, 5) is 21.4. The van der Waals surface area contributed by atoms with E-state index in [1.807, 2.05) is 9.47 Å². The van der Waals surface area contributed by atoms with Gasteiger partial charge >= 0.3 is 48.2 Å². The van der Waals surface area contributed by atoms with Crippen molar-refractivity contribution in [1.82, 2.24) is 0 Å². The van der Waals surface area contributed by atoms with E-state index in [1.165, 1.54) is 0 Å². The summed E-state index contributed by atoms with van der Waals surface area (Å²) in [6.07, 6.45) is -27.9. The lowest BCUT2D eigenvalue weighted by Crippen LogP contribution is -2.62. The van der Waals surface area contributed by atoms with E-state index in [1.54, 1.807) is 0 Å². The van der Waals surface area contributed by atoms with Crippen molar-refractivity contribution >= 4 is 11.9 Å². The molecule has 0 amide bonds. The summed E-state index contributed by atoms with van der Waals surface area (Å²) in [5.41, 5.74) is 0. The SMILES string of the molecule is COC(=O)[C@@](F)(OC(F)(F)C(F)(F)O[C@](F)(C(=O)OC)C(F)(F)F)C(F)(F)F. The first kappa shape index (κ1) is 26.0. The van der Waals surface area contributed by atoms with Crippen LogP contribution < -0.4 is 0 Å². The van der Waals surface area contributed by atoms with Gasteiger partial charge in [0.25, 0.3) is 0 Å². The van der Waals surface area contributed by atoms with Gasteiger partial charge < -0.3 is 9.47 Å². The normalized spacial score (nSPS) is 18.1. The van der Waals surface area contributed by atoms with Crippen LogP contribution in [0.2, 0.25) is 0 Å². The Balaban J connectivity index is 6.18. The molecular formula is C10H6F12O6. The topological polar surface area (TPSA) is 71.1 Å². The number of ether oxygens (including phenoxy) is 4. The van der Waals surface area contributed by atoms with E-state index in [2.05, 4.69) is 9.47 Å². The highest BCUT2D eigenvalue weighted by molar-refractivity contribution is 5.79. The first-order chi connectivity index (χ1) is 12.1. The van der Waals surface area contributed by atoms with Gasteiger partial charge in [-0.15, -0.1) is 0 Å². The first-order valence-electron chi connectivity index (χ1n) is 5.97. The molecule has 0 aliphatic carbocycles. The molecule has 0 radical (unpaired) electrons. The summed E-state index contributed by atoms with van der Waals surface area (Å²) < 4.78 is 165. The van der Waals surface area contributed by atoms with E-state index < -0.39 is 48.2 Å². The predicted molar refractivity (Wildman–Crippen MR) is 55.9 cm³/mol. The van der Waals surface area contributed by atoms with Crippen LogP contribution >= 0.6 is 0 Å². The van der Waals surface area contributed by atoms with E-state index in [0.717, 1.165) is 0 Å². The lowest BCUT2D eigenvalue weighted by Gasteiger charge is -2.35. The molecule has 28 heavy (non-hydrogen) atoms. The molecule has 0 rings (SSSR count). The quantitative estimate of drug-likeness (QED) is 0.439. The molecule has 0 bridgehead atoms. The summed E-state index contributed by atoms with van der Waals surface area (Å²) in [6, 6.07) is 0. The zero-order chi connectivity index (χ0) is 23.0. The van der Waals surface area contributed by atoms with Crippen molar-refractivity contribution in [3.63, 3.8) is 0 Å². The molecule has 0 fully saturated rings. The molecule has 0 aromatic carbocycles. The fourth-order valence-electron chi connectivity index (χ4n) is 1.17. The van der Waals surface area contributed by atoms with Crippen LogP contribution in [0.25, 0.3) is 0 Å². The molecule has 0 aromatic heterocycles. The van der Waals surface area contributed by atoms with Crippen molar-refractivity contribution in [3.05, 3.63) is 0 Å². The fourth-order valence-corrected chi connectivity index (χ4v) is 1.17. The number of carbonyl (C=O) groups is 2. The van der Waals surface area contributed by atoms with Crippen molar-refractivity contribution in [3.8, 4) is 0 Å². The minimum absolute atomic E-state index is 0.0357. The van der Waals surface area contributed by atoms with Gasteiger partial charge in [-0.1, -0.05) is 0 Å². The predicted octanol–water partition coefficient (Wildman–Crippen LogP) is 3.01. The van der Waals surface area contributed by atoms with Gasteiger partial charge in [-0.25, -0.2) is 9.59 Å². The van der Waals surface area contributed by atoms with Crippen LogP contribution in [0.3, 0.4) is 0 Å². The molecule has 0 aromatic rings. The van der Waals surface area contributed by atoms with E-state index in [4.69, 9.17) is 0 Å². The van der Waals surface area contributed by atoms with Gasteiger partial charge in [0.15, 0.2) is 0 Å². The maximum absolute atomic E-state index is 13.5. The molecule has 2 atom stereocenters. The van der Waals surface area contributed by atoms with Crippen LogP contribution in [-0.2, 0) is 28.5 Å². The van der Waals surface area contributed by atoms with Gasteiger partial charge in [0.1, 0.15) is 0 Å². The maximum atomic E-state index is 13.5. The number of halogens is 12. The fraction of sp³-hybridized carbons (Fsp3) is 0.800. The largest absolute Gasteiger partial charge is 0.465 e. The number of hydrogen-bond donors (Lipinski definition) is 0. The summed E-state index contributed by atoms with van der Waals surface area (Å²) >= 11 is 0. The van der Waals surface area contributed by atoms with Crippen LogP contribution in [0.4, 0.5) is 52.7 Å². The van der Waals surface area contributed by atoms with Crippen molar-refractivity contribution < 1.29 is 81.2 Å². The Morgan fingerprint density at radius 1 is 0.536 bits per heavy atom. The molecule has 6 nitrogen and oxygen atoms in total. The third-order valence-corrected chi connectivity index (χ3v) is 2.50. The Kier molecular flexibility index (Phi) is 6.92. The van der Waals surface area contributed by atoms with Crippen LogP contribution in [0, 0.1) is 0 Å². The zero-order valence-electron chi connectivity index (χ0n) is 13.0. The molecule has 18 heteroatoms. The molecule has 0 N–H and O–H groups in total. The van der Waals surface area contributed by atoms with Crippen LogP contribution in [-0.4, -0.2) is 62.4 Å². The summed E-state index contributed by atoms with van der Waals surface area (Å²) in [5.74, 6) is -19.5. The molecule has 0 saturated heterocycles. The van der Waals surface area contributed by atoms with Gasteiger partial charge in [0.05, 0.1) is 14.2 Å². The highest BCUT2D eigenvalue weighted by Crippen LogP contribution is 2.49. The monoisotopic (exact) mass is 450 g/mol. The van der Waals surface area contributed by atoms with Crippen molar-refractivity contribution in [1.29, 1.82) is 0 Å². The van der Waals surface area contributed by atoms with Crippen LogP contribution in [0.5, 0.6) is 0 Å². The molecule has 0 aliphatic rings. The minimum atomic E-state index is -7.12. The Labute approximate surface area is 145 Å². The van der Waals surface area contributed by atoms with E-state index >= 15 is 0 Å². The molecule has 0 aliphatic heterocycles. The average molecular weight is 450 g/mol. The van der Waals surface area contributed by atoms with Crippen molar-refractivity contribution in [2.75, 3.05) is 14.2 Å². The number of rotatable bonds is 7. The second-order valence-electron chi connectivity index (χ2n) is 4.41. The number of hydrogen-bond acceptors (Lipinski definition) is 6. The molecule has 166 valence electrons. The number of alkyl halides is 12. The number of methoxy groups -OCH3 is 2. The first-order valence-corrected chi connectivity index (χ1v) is 5.97. The summed E-state index contributed by atoms with van der Waals surface area (Å²) in [7, 11) is -0.0713.